The predicted octanol–water partition coefficient (Wildman–Crippen LogP) is 1.68. The zero-order chi connectivity index (χ0) is 10.5. The maximum atomic E-state index is 5.69. The van der Waals surface area contributed by atoms with Crippen molar-refractivity contribution in [2.45, 2.75) is 25.3 Å². The summed E-state index contributed by atoms with van der Waals surface area (Å²) >= 11 is 5.69. The molecule has 0 radical (unpaired) electrons. The summed E-state index contributed by atoms with van der Waals surface area (Å²) in [5, 5.41) is 7.01. The van der Waals surface area contributed by atoms with Gasteiger partial charge in [0, 0.05) is 18.8 Å². The van der Waals surface area contributed by atoms with Crippen LogP contribution < -0.4 is 10.6 Å². The van der Waals surface area contributed by atoms with E-state index in [9.17, 15) is 0 Å². The highest BCUT2D eigenvalue weighted by atomic mass is 35.5. The molecule has 0 amide bonds. The van der Waals surface area contributed by atoms with Gasteiger partial charge in [0.1, 0.15) is 5.82 Å². The van der Waals surface area contributed by atoms with Crippen molar-refractivity contribution in [2.24, 2.45) is 0 Å². The third-order valence-corrected chi connectivity index (χ3v) is 2.75. The summed E-state index contributed by atoms with van der Waals surface area (Å²) in [5.74, 6) is 0.794. The maximum Gasteiger partial charge on any atom is 0.224 e. The van der Waals surface area contributed by atoms with E-state index in [2.05, 4.69) is 20.6 Å². The van der Waals surface area contributed by atoms with E-state index in [4.69, 9.17) is 11.6 Å². The zero-order valence-corrected chi connectivity index (χ0v) is 9.30. The van der Waals surface area contributed by atoms with E-state index in [0.717, 1.165) is 18.9 Å². The molecule has 1 saturated heterocycles. The van der Waals surface area contributed by atoms with Gasteiger partial charge in [-0.05, 0) is 37.1 Å². The summed E-state index contributed by atoms with van der Waals surface area (Å²) in [5.41, 5.74) is 0. The summed E-state index contributed by atoms with van der Waals surface area (Å²) < 4.78 is 0. The van der Waals surface area contributed by atoms with Crippen LogP contribution in [-0.2, 0) is 0 Å². The largest absolute Gasteiger partial charge is 0.368 e. The molecule has 0 bridgehead atoms. The molecule has 0 saturated carbocycles. The molecule has 5 heteroatoms. The van der Waals surface area contributed by atoms with Gasteiger partial charge in [-0.25, -0.2) is 9.97 Å². The summed E-state index contributed by atoms with van der Waals surface area (Å²) in [6.45, 7) is 2.02. The van der Waals surface area contributed by atoms with Crippen LogP contribution in [0.25, 0.3) is 0 Å². The molecule has 1 aliphatic rings. The van der Waals surface area contributed by atoms with Crippen molar-refractivity contribution in [3.63, 3.8) is 0 Å². The Hall–Kier alpha value is -0.870. The van der Waals surface area contributed by atoms with E-state index < -0.39 is 0 Å². The fourth-order valence-corrected chi connectivity index (χ4v) is 1.91. The lowest BCUT2D eigenvalue weighted by Crippen LogP contribution is -2.39. The first-order valence-corrected chi connectivity index (χ1v) is 5.68. The minimum absolute atomic E-state index is 0.289. The number of halogens is 1. The van der Waals surface area contributed by atoms with Crippen LogP contribution in [0.3, 0.4) is 0 Å². The van der Waals surface area contributed by atoms with Crippen molar-refractivity contribution in [3.8, 4) is 0 Å². The number of anilines is 1. The first kappa shape index (κ1) is 10.6. The highest BCUT2D eigenvalue weighted by Gasteiger charge is 2.11. The van der Waals surface area contributed by atoms with Crippen molar-refractivity contribution < 1.29 is 0 Å². The van der Waals surface area contributed by atoms with Crippen LogP contribution in [-0.4, -0.2) is 29.1 Å². The number of hydrogen-bond acceptors (Lipinski definition) is 4. The van der Waals surface area contributed by atoms with Crippen LogP contribution in [0.1, 0.15) is 19.3 Å². The third-order valence-electron chi connectivity index (χ3n) is 2.57. The van der Waals surface area contributed by atoms with E-state index in [1.54, 1.807) is 6.20 Å². The molecule has 2 N–H and O–H groups in total. The summed E-state index contributed by atoms with van der Waals surface area (Å²) in [4.78, 5) is 7.91. The van der Waals surface area contributed by atoms with Crippen molar-refractivity contribution in [1.82, 2.24) is 15.3 Å². The SMILES string of the molecule is Clc1nccc(NC[C@@H]2CCCCN2)n1. The normalized spacial score (nSPS) is 21.3. The van der Waals surface area contributed by atoms with Crippen LogP contribution in [0, 0.1) is 0 Å². The van der Waals surface area contributed by atoms with Crippen molar-refractivity contribution >= 4 is 17.4 Å². The molecule has 0 aromatic carbocycles. The number of rotatable bonds is 3. The molecule has 1 aliphatic heterocycles. The van der Waals surface area contributed by atoms with Gasteiger partial charge in [-0.1, -0.05) is 6.42 Å². The molecule has 82 valence electrons. The van der Waals surface area contributed by atoms with E-state index in [-0.39, 0.29) is 5.28 Å². The predicted molar refractivity (Wildman–Crippen MR) is 61.2 cm³/mol. The van der Waals surface area contributed by atoms with Gasteiger partial charge in [0.25, 0.3) is 0 Å². The Morgan fingerprint density at radius 1 is 1.53 bits per heavy atom. The average Bonchev–Trinajstić information content (AvgIpc) is 2.28. The maximum absolute atomic E-state index is 5.69. The molecule has 2 rings (SSSR count). The van der Waals surface area contributed by atoms with Gasteiger partial charge in [-0.3, -0.25) is 0 Å². The molecule has 1 atom stereocenters. The van der Waals surface area contributed by atoms with E-state index >= 15 is 0 Å². The monoisotopic (exact) mass is 226 g/mol. The fourth-order valence-electron chi connectivity index (χ4n) is 1.76. The molecular weight excluding hydrogens is 212 g/mol. The average molecular weight is 227 g/mol. The van der Waals surface area contributed by atoms with Gasteiger partial charge in [0.2, 0.25) is 5.28 Å². The highest BCUT2D eigenvalue weighted by Crippen LogP contribution is 2.09. The smallest absolute Gasteiger partial charge is 0.224 e. The Balaban J connectivity index is 1.81. The lowest BCUT2D eigenvalue weighted by molar-refractivity contribution is 0.414. The Labute approximate surface area is 94.5 Å². The summed E-state index contributed by atoms with van der Waals surface area (Å²) in [7, 11) is 0. The number of aromatic nitrogens is 2. The van der Waals surface area contributed by atoms with E-state index in [1.807, 2.05) is 6.07 Å². The molecular formula is C10H15ClN4. The lowest BCUT2D eigenvalue weighted by Gasteiger charge is -2.23. The van der Waals surface area contributed by atoms with Gasteiger partial charge < -0.3 is 10.6 Å². The molecule has 0 unspecified atom stereocenters. The molecule has 1 aromatic heterocycles. The second-order valence-corrected chi connectivity index (χ2v) is 4.08. The van der Waals surface area contributed by atoms with E-state index in [1.165, 1.54) is 19.3 Å². The number of hydrogen-bond donors (Lipinski definition) is 2. The molecule has 4 nitrogen and oxygen atoms in total. The van der Waals surface area contributed by atoms with Crippen LogP contribution in [0.4, 0.5) is 5.82 Å². The van der Waals surface area contributed by atoms with Crippen molar-refractivity contribution in [3.05, 3.63) is 17.5 Å². The van der Waals surface area contributed by atoms with Gasteiger partial charge >= 0.3 is 0 Å². The van der Waals surface area contributed by atoms with Crippen LogP contribution in [0.2, 0.25) is 5.28 Å². The standard InChI is InChI=1S/C10H15ClN4/c11-10-13-6-4-9(15-10)14-7-8-3-1-2-5-12-8/h4,6,8,12H,1-3,5,7H2,(H,13,14,15)/t8-/m0/s1. The van der Waals surface area contributed by atoms with Gasteiger partial charge in [0.05, 0.1) is 0 Å². The first-order chi connectivity index (χ1) is 7.34. The third kappa shape index (κ3) is 3.32. The van der Waals surface area contributed by atoms with Crippen LogP contribution in [0.5, 0.6) is 0 Å². The van der Waals surface area contributed by atoms with Gasteiger partial charge in [-0.15, -0.1) is 0 Å². The minimum Gasteiger partial charge on any atom is -0.368 e. The molecule has 1 aromatic rings. The number of nitrogens with one attached hydrogen (secondary N) is 2. The second kappa shape index (κ2) is 5.28. The quantitative estimate of drug-likeness (QED) is 0.771. The molecule has 0 aliphatic carbocycles. The molecule has 2 heterocycles. The Kier molecular flexibility index (Phi) is 3.75. The Morgan fingerprint density at radius 2 is 2.47 bits per heavy atom. The van der Waals surface area contributed by atoms with Gasteiger partial charge in [-0.2, -0.15) is 0 Å². The van der Waals surface area contributed by atoms with E-state index in [0.29, 0.717) is 6.04 Å². The highest BCUT2D eigenvalue weighted by molar-refractivity contribution is 6.28. The Morgan fingerprint density at radius 3 is 3.20 bits per heavy atom. The lowest BCUT2D eigenvalue weighted by atomic mass is 10.1. The number of nitrogens with zero attached hydrogens (tertiary/aromatic N) is 2. The van der Waals surface area contributed by atoms with Gasteiger partial charge in [0.15, 0.2) is 0 Å². The number of piperidine rings is 1. The Bertz CT molecular complexity index is 312. The summed E-state index contributed by atoms with van der Waals surface area (Å²) in [6.07, 6.45) is 5.48. The first-order valence-electron chi connectivity index (χ1n) is 5.30. The topological polar surface area (TPSA) is 49.8 Å². The molecule has 15 heavy (non-hydrogen) atoms. The van der Waals surface area contributed by atoms with Crippen LogP contribution in [0.15, 0.2) is 12.3 Å². The van der Waals surface area contributed by atoms with Crippen molar-refractivity contribution in [2.75, 3.05) is 18.4 Å². The zero-order valence-electron chi connectivity index (χ0n) is 8.54. The second-order valence-electron chi connectivity index (χ2n) is 3.74. The molecule has 0 spiro atoms. The fraction of sp³-hybridized carbons (Fsp3) is 0.600. The minimum atomic E-state index is 0.289. The molecule has 1 fully saturated rings. The van der Waals surface area contributed by atoms with Crippen molar-refractivity contribution in [1.29, 1.82) is 0 Å². The van der Waals surface area contributed by atoms with Crippen LogP contribution >= 0.6 is 11.6 Å². The summed E-state index contributed by atoms with van der Waals surface area (Å²) in [6, 6.07) is 2.38.